The van der Waals surface area contributed by atoms with Crippen molar-refractivity contribution in [1.82, 2.24) is 0 Å². The smallest absolute Gasteiger partial charge is 0.716 e. The third-order valence-corrected chi connectivity index (χ3v) is 4.34. The minimum Gasteiger partial charge on any atom is -0.716 e. The second kappa shape index (κ2) is 19.8. The average molecular weight is 371 g/mol. The first-order valence-electron chi connectivity index (χ1n) is 9.35. The molecular formula is C18H35NaO4S. The largest absolute Gasteiger partial charge is 1.00 e. The molecule has 0 radical (unpaired) electrons. The van der Waals surface area contributed by atoms with Gasteiger partial charge in [-0.1, -0.05) is 90.4 Å². The molecule has 0 aromatic heterocycles. The molecule has 0 atom stereocenters. The van der Waals surface area contributed by atoms with Crippen LogP contribution in [0.4, 0.5) is 0 Å². The molecule has 0 amide bonds. The van der Waals surface area contributed by atoms with Gasteiger partial charge in [-0.2, -0.15) is 0 Å². The number of unbranched alkanes of at least 4 members (excludes halogenated alkanes) is 14. The van der Waals surface area contributed by atoms with E-state index in [2.05, 4.69) is 11.1 Å². The zero-order valence-corrected chi connectivity index (χ0v) is 18.6. The third kappa shape index (κ3) is 24.7. The van der Waals surface area contributed by atoms with Crippen molar-refractivity contribution in [2.24, 2.45) is 0 Å². The van der Waals surface area contributed by atoms with Crippen LogP contribution in [0.15, 0.2) is 12.3 Å². The predicted molar refractivity (Wildman–Crippen MR) is 94.9 cm³/mol. The van der Waals surface area contributed by atoms with Crippen molar-refractivity contribution in [3.63, 3.8) is 0 Å². The molecule has 0 unspecified atom stereocenters. The Kier molecular flexibility index (Phi) is 22.0. The molecule has 0 saturated heterocycles. The van der Waals surface area contributed by atoms with E-state index in [1.54, 1.807) is 6.08 Å². The third-order valence-electron chi connectivity index (χ3n) is 3.99. The summed E-state index contributed by atoms with van der Waals surface area (Å²) >= 11 is 0. The second-order valence-corrected chi connectivity index (χ2v) is 7.27. The Labute approximate surface area is 172 Å². The topological polar surface area (TPSA) is 66.4 Å². The van der Waals surface area contributed by atoms with Gasteiger partial charge in [0.15, 0.2) is 0 Å². The Balaban J connectivity index is 0. The zero-order valence-electron chi connectivity index (χ0n) is 15.8. The maximum absolute atomic E-state index is 10.2. The van der Waals surface area contributed by atoms with Crippen LogP contribution in [0.1, 0.15) is 103 Å². The van der Waals surface area contributed by atoms with Crippen molar-refractivity contribution in [3.05, 3.63) is 12.3 Å². The summed E-state index contributed by atoms with van der Waals surface area (Å²) in [5.41, 5.74) is 0. The fraction of sp³-hybridized carbons (Fsp3) is 0.889. The van der Waals surface area contributed by atoms with Crippen LogP contribution in [0, 0.1) is 0 Å². The van der Waals surface area contributed by atoms with E-state index in [1.807, 2.05) is 0 Å². The quantitative estimate of drug-likeness (QED) is 0.130. The molecule has 0 bridgehead atoms. The Hall–Kier alpha value is 0.450. The van der Waals surface area contributed by atoms with Crippen LogP contribution >= 0.6 is 0 Å². The first-order chi connectivity index (χ1) is 11.1. The average Bonchev–Trinajstić information content (AvgIpc) is 2.49. The summed E-state index contributed by atoms with van der Waals surface area (Å²) in [5.74, 6) is 0. The fourth-order valence-electron chi connectivity index (χ4n) is 2.63. The van der Waals surface area contributed by atoms with Gasteiger partial charge in [-0.15, -0.1) is 0 Å². The summed E-state index contributed by atoms with van der Waals surface area (Å²) < 4.78 is 34.5. The predicted octanol–water partition coefficient (Wildman–Crippen LogP) is 2.85. The van der Waals surface area contributed by atoms with Gasteiger partial charge in [-0.3, -0.25) is 0 Å². The first kappa shape index (κ1) is 26.7. The second-order valence-electron chi connectivity index (χ2n) is 6.26. The number of rotatable bonds is 17. The molecule has 0 N–H and O–H groups in total. The van der Waals surface area contributed by atoms with Crippen molar-refractivity contribution in [2.75, 3.05) is 0 Å². The number of allylic oxidation sites excluding steroid dienone is 1. The maximum atomic E-state index is 10.2. The Morgan fingerprint density at radius 1 is 0.750 bits per heavy atom. The van der Waals surface area contributed by atoms with Crippen LogP contribution in [0.5, 0.6) is 0 Å². The molecule has 138 valence electrons. The van der Waals surface area contributed by atoms with Crippen molar-refractivity contribution >= 4 is 10.4 Å². The molecule has 0 aromatic carbocycles. The molecule has 0 aromatic rings. The van der Waals surface area contributed by atoms with Crippen LogP contribution in [-0.2, 0) is 14.6 Å². The SMILES string of the molecule is CCCCCCCCCCCCCCCC/C=C/OS(=O)(=O)[O-].[Na+]. The number of hydrogen-bond donors (Lipinski definition) is 0. The van der Waals surface area contributed by atoms with Crippen molar-refractivity contribution in [1.29, 1.82) is 0 Å². The molecule has 0 spiro atoms. The van der Waals surface area contributed by atoms with Gasteiger partial charge >= 0.3 is 29.6 Å². The van der Waals surface area contributed by atoms with Gasteiger partial charge in [-0.25, -0.2) is 8.42 Å². The molecule has 4 nitrogen and oxygen atoms in total. The van der Waals surface area contributed by atoms with Crippen molar-refractivity contribution in [3.8, 4) is 0 Å². The van der Waals surface area contributed by atoms with Crippen LogP contribution < -0.4 is 29.6 Å². The molecule has 24 heavy (non-hydrogen) atoms. The van der Waals surface area contributed by atoms with Crippen LogP contribution in [0.3, 0.4) is 0 Å². The van der Waals surface area contributed by atoms with Gasteiger partial charge in [0.25, 0.3) is 10.4 Å². The van der Waals surface area contributed by atoms with Gasteiger partial charge in [-0.05, 0) is 18.9 Å². The minimum atomic E-state index is -4.58. The van der Waals surface area contributed by atoms with Crippen LogP contribution in [0.2, 0.25) is 0 Å². The molecule has 0 aliphatic rings. The zero-order chi connectivity index (χ0) is 17.2. The Morgan fingerprint density at radius 2 is 1.12 bits per heavy atom. The molecule has 6 heteroatoms. The van der Waals surface area contributed by atoms with Crippen molar-refractivity contribution in [2.45, 2.75) is 103 Å². The van der Waals surface area contributed by atoms with E-state index in [4.69, 9.17) is 0 Å². The van der Waals surface area contributed by atoms with Crippen LogP contribution in [0.25, 0.3) is 0 Å². The van der Waals surface area contributed by atoms with E-state index in [-0.39, 0.29) is 29.6 Å². The maximum Gasteiger partial charge on any atom is 1.00 e. The minimum absolute atomic E-state index is 0. The van der Waals surface area contributed by atoms with Crippen LogP contribution in [-0.4, -0.2) is 13.0 Å². The summed E-state index contributed by atoms with van der Waals surface area (Å²) in [4.78, 5) is 0. The first-order valence-corrected chi connectivity index (χ1v) is 10.7. The number of hydrogen-bond acceptors (Lipinski definition) is 4. The molecular weight excluding hydrogens is 335 g/mol. The van der Waals surface area contributed by atoms with E-state index >= 15 is 0 Å². The molecule has 0 saturated carbocycles. The molecule has 0 fully saturated rings. The Morgan fingerprint density at radius 3 is 1.50 bits per heavy atom. The normalized spacial score (nSPS) is 11.6. The van der Waals surface area contributed by atoms with E-state index in [0.29, 0.717) is 0 Å². The molecule has 0 aliphatic carbocycles. The Bertz CT molecular complexity index is 369. The van der Waals surface area contributed by atoms with Gasteiger partial charge in [0.05, 0.1) is 0 Å². The van der Waals surface area contributed by atoms with Gasteiger partial charge in [0.2, 0.25) is 0 Å². The van der Waals surface area contributed by atoms with Gasteiger partial charge in [0, 0.05) is 0 Å². The summed E-state index contributed by atoms with van der Waals surface area (Å²) in [7, 11) is -4.58. The van der Waals surface area contributed by atoms with Crippen molar-refractivity contribution < 1.29 is 46.7 Å². The fourth-order valence-corrected chi connectivity index (χ4v) is 2.85. The van der Waals surface area contributed by atoms with E-state index in [9.17, 15) is 13.0 Å². The molecule has 0 heterocycles. The summed E-state index contributed by atoms with van der Waals surface area (Å²) in [6.07, 6.45) is 21.8. The summed E-state index contributed by atoms with van der Waals surface area (Å²) in [6, 6.07) is 0. The van der Waals surface area contributed by atoms with E-state index in [1.165, 1.54) is 77.0 Å². The van der Waals surface area contributed by atoms with E-state index in [0.717, 1.165) is 25.5 Å². The summed E-state index contributed by atoms with van der Waals surface area (Å²) in [5, 5.41) is 0. The van der Waals surface area contributed by atoms with Gasteiger partial charge < -0.3 is 8.74 Å². The monoisotopic (exact) mass is 370 g/mol. The molecule has 0 aliphatic heterocycles. The van der Waals surface area contributed by atoms with E-state index < -0.39 is 10.4 Å². The van der Waals surface area contributed by atoms with Gasteiger partial charge in [0.1, 0.15) is 6.26 Å². The summed E-state index contributed by atoms with van der Waals surface area (Å²) in [6.45, 7) is 2.26. The molecule has 0 rings (SSSR count). The standard InChI is InChI=1S/C18H36O4S.Na/c1-2-3-4-5-6-7-8-9-10-11-12-13-14-15-16-17-18-22-23(19,20)21;/h17-18H,2-16H2,1H3,(H,19,20,21);/q;+1/p-1/b18-17+;.